The van der Waals surface area contributed by atoms with E-state index < -0.39 is 0 Å². The molecule has 0 aromatic carbocycles. The molecule has 1 heterocycles. The minimum Gasteiger partial charge on any atom is -0.381 e. The lowest BCUT2D eigenvalue weighted by Gasteiger charge is -2.32. The minimum absolute atomic E-state index is 0.129. The summed E-state index contributed by atoms with van der Waals surface area (Å²) < 4.78 is 5.31. The molecule has 98 valence electrons. The van der Waals surface area contributed by atoms with Crippen LogP contribution in [-0.2, 0) is 9.53 Å². The van der Waals surface area contributed by atoms with E-state index >= 15 is 0 Å². The van der Waals surface area contributed by atoms with E-state index in [1.807, 2.05) is 11.9 Å². The highest BCUT2D eigenvalue weighted by molar-refractivity contribution is 5.82. The van der Waals surface area contributed by atoms with Crippen molar-refractivity contribution in [3.05, 3.63) is 0 Å². The highest BCUT2D eigenvalue weighted by atomic mass is 16.5. The molecule has 1 aliphatic carbocycles. The molecule has 1 amide bonds. The third-order valence-electron chi connectivity index (χ3n) is 4.28. The second kappa shape index (κ2) is 5.83. The maximum Gasteiger partial charge on any atom is 0.239 e. The van der Waals surface area contributed by atoms with Crippen LogP contribution < -0.4 is 5.73 Å². The monoisotopic (exact) mass is 240 g/mol. The topological polar surface area (TPSA) is 55.6 Å². The summed E-state index contributed by atoms with van der Waals surface area (Å²) in [5.74, 6) is 0.434. The van der Waals surface area contributed by atoms with Gasteiger partial charge in [0.25, 0.3) is 0 Å². The molecule has 0 radical (unpaired) electrons. The number of likely N-dealkylation sites (N-methyl/N-ethyl adjacent to an activating group) is 1. The van der Waals surface area contributed by atoms with Crippen molar-refractivity contribution in [3.8, 4) is 0 Å². The van der Waals surface area contributed by atoms with Crippen molar-refractivity contribution in [3.63, 3.8) is 0 Å². The van der Waals surface area contributed by atoms with Crippen LogP contribution in [0.15, 0.2) is 0 Å². The molecule has 2 rings (SSSR count). The van der Waals surface area contributed by atoms with Crippen molar-refractivity contribution in [2.24, 2.45) is 11.7 Å². The van der Waals surface area contributed by atoms with Gasteiger partial charge in [0.2, 0.25) is 5.91 Å². The van der Waals surface area contributed by atoms with Crippen LogP contribution in [0, 0.1) is 5.92 Å². The summed E-state index contributed by atoms with van der Waals surface area (Å²) in [6, 6.07) is 0.0953. The van der Waals surface area contributed by atoms with E-state index in [1.165, 1.54) is 12.8 Å². The van der Waals surface area contributed by atoms with Gasteiger partial charge in [0.05, 0.1) is 6.04 Å². The minimum atomic E-state index is -0.329. The third-order valence-corrected chi connectivity index (χ3v) is 4.28. The Morgan fingerprint density at radius 2 is 1.82 bits per heavy atom. The summed E-state index contributed by atoms with van der Waals surface area (Å²) in [5.41, 5.74) is 6.11. The van der Waals surface area contributed by atoms with Crippen LogP contribution in [0.4, 0.5) is 0 Å². The van der Waals surface area contributed by atoms with Crippen LogP contribution >= 0.6 is 0 Å². The van der Waals surface area contributed by atoms with Crippen molar-refractivity contribution in [2.75, 3.05) is 20.3 Å². The third kappa shape index (κ3) is 2.99. The van der Waals surface area contributed by atoms with Crippen molar-refractivity contribution < 1.29 is 9.53 Å². The van der Waals surface area contributed by atoms with Gasteiger partial charge in [-0.05, 0) is 31.6 Å². The van der Waals surface area contributed by atoms with Crippen molar-refractivity contribution in [1.29, 1.82) is 0 Å². The highest BCUT2D eigenvalue weighted by Gasteiger charge is 2.32. The molecule has 0 aromatic heterocycles. The number of ether oxygens (including phenoxy) is 1. The second-order valence-electron chi connectivity index (χ2n) is 5.36. The molecule has 4 nitrogen and oxygen atoms in total. The molecular weight excluding hydrogens is 216 g/mol. The molecule has 1 saturated heterocycles. The Morgan fingerprint density at radius 3 is 2.41 bits per heavy atom. The van der Waals surface area contributed by atoms with Crippen molar-refractivity contribution in [1.82, 2.24) is 4.90 Å². The molecular formula is C13H24N2O2. The van der Waals surface area contributed by atoms with Gasteiger partial charge in [-0.2, -0.15) is 0 Å². The molecule has 0 bridgehead atoms. The van der Waals surface area contributed by atoms with E-state index in [9.17, 15) is 4.79 Å². The summed E-state index contributed by atoms with van der Waals surface area (Å²) in [5, 5.41) is 0. The molecule has 2 aliphatic rings. The molecule has 4 heteroatoms. The average molecular weight is 240 g/mol. The van der Waals surface area contributed by atoms with Crippen molar-refractivity contribution >= 4 is 5.91 Å². The summed E-state index contributed by atoms with van der Waals surface area (Å²) >= 11 is 0. The van der Waals surface area contributed by atoms with Gasteiger partial charge in [-0.15, -0.1) is 0 Å². The maximum atomic E-state index is 12.3. The summed E-state index contributed by atoms with van der Waals surface area (Å²) in [4.78, 5) is 14.2. The molecule has 1 saturated carbocycles. The number of nitrogens with two attached hydrogens (primary N) is 1. The summed E-state index contributed by atoms with van der Waals surface area (Å²) in [6.07, 6.45) is 6.62. The van der Waals surface area contributed by atoms with Crippen LogP contribution in [0.3, 0.4) is 0 Å². The van der Waals surface area contributed by atoms with Gasteiger partial charge in [-0.1, -0.05) is 12.8 Å². The Kier molecular flexibility index (Phi) is 4.40. The first-order valence-corrected chi connectivity index (χ1v) is 6.80. The van der Waals surface area contributed by atoms with Gasteiger partial charge in [-0.3, -0.25) is 4.79 Å². The molecule has 1 unspecified atom stereocenters. The Bertz CT molecular complexity index is 258. The molecule has 17 heavy (non-hydrogen) atoms. The number of hydrogen-bond acceptors (Lipinski definition) is 3. The average Bonchev–Trinajstić information content (AvgIpc) is 2.91. The van der Waals surface area contributed by atoms with E-state index in [0.717, 1.165) is 38.9 Å². The van der Waals surface area contributed by atoms with Gasteiger partial charge in [-0.25, -0.2) is 0 Å². The first-order chi connectivity index (χ1) is 8.20. The van der Waals surface area contributed by atoms with E-state index in [4.69, 9.17) is 10.5 Å². The van der Waals surface area contributed by atoms with Gasteiger partial charge in [0.15, 0.2) is 0 Å². The van der Waals surface area contributed by atoms with Gasteiger partial charge in [0, 0.05) is 26.3 Å². The van der Waals surface area contributed by atoms with Gasteiger partial charge >= 0.3 is 0 Å². The second-order valence-corrected chi connectivity index (χ2v) is 5.36. The Hall–Kier alpha value is -0.610. The molecule has 2 fully saturated rings. The van der Waals surface area contributed by atoms with E-state index in [0.29, 0.717) is 12.0 Å². The van der Waals surface area contributed by atoms with Gasteiger partial charge < -0.3 is 15.4 Å². The molecule has 1 atom stereocenters. The predicted octanol–water partition coefficient (Wildman–Crippen LogP) is 1.14. The van der Waals surface area contributed by atoms with Crippen LogP contribution in [0.5, 0.6) is 0 Å². The quantitative estimate of drug-likeness (QED) is 0.805. The van der Waals surface area contributed by atoms with Gasteiger partial charge in [0.1, 0.15) is 0 Å². The normalized spacial score (nSPS) is 24.8. The van der Waals surface area contributed by atoms with E-state index in [1.54, 1.807) is 0 Å². The van der Waals surface area contributed by atoms with E-state index in [-0.39, 0.29) is 11.9 Å². The smallest absolute Gasteiger partial charge is 0.239 e. The maximum absolute atomic E-state index is 12.3. The fourth-order valence-electron chi connectivity index (χ4n) is 2.98. The lowest BCUT2D eigenvalue weighted by Crippen LogP contribution is -2.50. The zero-order valence-electron chi connectivity index (χ0n) is 10.7. The highest BCUT2D eigenvalue weighted by Crippen LogP contribution is 2.25. The predicted molar refractivity (Wildman–Crippen MR) is 66.5 cm³/mol. The zero-order valence-corrected chi connectivity index (χ0v) is 10.7. The SMILES string of the molecule is CN(C(=O)C(N)C1CCOCC1)C1CCCC1. The Morgan fingerprint density at radius 1 is 1.24 bits per heavy atom. The largest absolute Gasteiger partial charge is 0.381 e. The Labute approximate surface area is 103 Å². The lowest BCUT2D eigenvalue weighted by atomic mass is 9.91. The number of amides is 1. The van der Waals surface area contributed by atoms with Crippen LogP contribution in [0.1, 0.15) is 38.5 Å². The summed E-state index contributed by atoms with van der Waals surface area (Å²) in [6.45, 7) is 1.50. The molecule has 2 N–H and O–H groups in total. The standard InChI is InChI=1S/C13H24N2O2/c1-15(11-4-2-3-5-11)13(16)12(14)10-6-8-17-9-7-10/h10-12H,2-9,14H2,1H3. The first-order valence-electron chi connectivity index (χ1n) is 6.80. The van der Waals surface area contributed by atoms with Crippen LogP contribution in [0.25, 0.3) is 0 Å². The first kappa shape index (κ1) is 12.8. The number of nitrogens with zero attached hydrogens (tertiary/aromatic N) is 1. The molecule has 0 aromatic rings. The lowest BCUT2D eigenvalue weighted by molar-refractivity contribution is -0.135. The van der Waals surface area contributed by atoms with E-state index in [2.05, 4.69) is 0 Å². The summed E-state index contributed by atoms with van der Waals surface area (Å²) in [7, 11) is 1.91. The van der Waals surface area contributed by atoms with Crippen LogP contribution in [0.2, 0.25) is 0 Å². The van der Waals surface area contributed by atoms with Crippen LogP contribution in [-0.4, -0.2) is 43.2 Å². The molecule has 0 spiro atoms. The van der Waals surface area contributed by atoms with Crippen molar-refractivity contribution in [2.45, 2.75) is 50.6 Å². The Balaban J connectivity index is 1.88. The fraction of sp³-hybridized carbons (Fsp3) is 0.923. The number of rotatable bonds is 3. The molecule has 1 aliphatic heterocycles. The zero-order chi connectivity index (χ0) is 12.3. The number of hydrogen-bond donors (Lipinski definition) is 1. The number of carbonyl (C=O) groups is 1. The number of carbonyl (C=O) groups excluding carboxylic acids is 1. The fourth-order valence-corrected chi connectivity index (χ4v) is 2.98.